The predicted molar refractivity (Wildman–Crippen MR) is 119 cm³/mol. The summed E-state index contributed by atoms with van der Waals surface area (Å²) in [5.74, 6) is 1.98. The summed E-state index contributed by atoms with van der Waals surface area (Å²) >= 11 is 0. The summed E-state index contributed by atoms with van der Waals surface area (Å²) in [6.45, 7) is 5.07. The van der Waals surface area contributed by atoms with Gasteiger partial charge in [-0.05, 0) is 25.0 Å². The predicted octanol–water partition coefficient (Wildman–Crippen LogP) is 2.40. The lowest BCUT2D eigenvalue weighted by atomic mass is 10.2. The van der Waals surface area contributed by atoms with E-state index in [9.17, 15) is 4.21 Å². The third kappa shape index (κ3) is 9.33. The molecule has 2 N–H and O–H groups in total. The molecule has 0 aliphatic heterocycles. The molecule has 144 valence electrons. The largest absolute Gasteiger partial charge is 0.357 e. The van der Waals surface area contributed by atoms with Crippen molar-refractivity contribution >= 4 is 40.7 Å². The number of halogens is 1. The molecule has 0 fully saturated rings. The molecule has 2 rings (SSSR count). The number of aryl methyl sites for hydroxylation is 1. The van der Waals surface area contributed by atoms with Gasteiger partial charge in [-0.15, -0.1) is 24.0 Å². The van der Waals surface area contributed by atoms with E-state index in [4.69, 9.17) is 0 Å². The monoisotopic (exact) mass is 489 g/mol. The summed E-state index contributed by atoms with van der Waals surface area (Å²) in [6.07, 6.45) is 4.66. The first-order valence-electron chi connectivity index (χ1n) is 8.66. The van der Waals surface area contributed by atoms with E-state index < -0.39 is 10.8 Å². The van der Waals surface area contributed by atoms with E-state index in [0.717, 1.165) is 37.6 Å². The molecular formula is C18H28IN5OS. The van der Waals surface area contributed by atoms with Gasteiger partial charge in [0.15, 0.2) is 5.96 Å². The lowest BCUT2D eigenvalue weighted by Crippen LogP contribution is -2.39. The second kappa shape index (κ2) is 13.7. The van der Waals surface area contributed by atoms with E-state index in [2.05, 4.69) is 20.7 Å². The summed E-state index contributed by atoms with van der Waals surface area (Å²) in [4.78, 5) is 4.55. The number of hydrogen-bond acceptors (Lipinski definition) is 3. The molecule has 0 amide bonds. The van der Waals surface area contributed by atoms with Crippen LogP contribution in [0.3, 0.4) is 0 Å². The minimum absolute atomic E-state index is 0. The molecule has 2 aromatic rings. The van der Waals surface area contributed by atoms with Crippen LogP contribution >= 0.6 is 24.0 Å². The second-order valence-corrected chi connectivity index (χ2v) is 7.16. The average molecular weight is 489 g/mol. The highest BCUT2D eigenvalue weighted by atomic mass is 127. The van der Waals surface area contributed by atoms with Gasteiger partial charge in [-0.3, -0.25) is 13.9 Å². The first-order valence-corrected chi connectivity index (χ1v) is 10.1. The molecule has 1 heterocycles. The molecule has 1 atom stereocenters. The fraction of sp³-hybridized carbons (Fsp3) is 0.444. The molecule has 1 aromatic carbocycles. The number of nitrogens with one attached hydrogen (secondary N) is 2. The van der Waals surface area contributed by atoms with Crippen LogP contribution in [-0.4, -0.2) is 45.3 Å². The molecule has 0 saturated heterocycles. The summed E-state index contributed by atoms with van der Waals surface area (Å²) < 4.78 is 14.1. The molecular weight excluding hydrogens is 461 g/mol. The number of hydrogen-bond donors (Lipinski definition) is 2. The second-order valence-electron chi connectivity index (χ2n) is 5.58. The number of guanidine groups is 1. The van der Waals surface area contributed by atoms with Gasteiger partial charge in [0.05, 0.1) is 0 Å². The molecule has 0 aliphatic rings. The normalized spacial score (nSPS) is 12.3. The highest BCUT2D eigenvalue weighted by Crippen LogP contribution is 2.02. The van der Waals surface area contributed by atoms with Crippen molar-refractivity contribution in [2.24, 2.45) is 4.99 Å². The van der Waals surface area contributed by atoms with Crippen molar-refractivity contribution < 1.29 is 4.21 Å². The maximum absolute atomic E-state index is 12.1. The average Bonchev–Trinajstić information content (AvgIpc) is 3.13. The Morgan fingerprint density at radius 3 is 2.73 bits per heavy atom. The fourth-order valence-electron chi connectivity index (χ4n) is 2.31. The lowest BCUT2D eigenvalue weighted by Gasteiger charge is -2.11. The van der Waals surface area contributed by atoms with Crippen molar-refractivity contribution in [1.82, 2.24) is 20.4 Å². The zero-order valence-corrected chi connectivity index (χ0v) is 18.3. The first kappa shape index (κ1) is 22.6. The molecule has 8 heteroatoms. The standard InChI is InChI=1S/C18H27N5OS.HI/c1-2-19-18(20-10-6-13-23-14-7-11-22-23)21-12-15-25(24)16-17-8-4-3-5-9-17;/h3-5,7-9,11,14H,2,6,10,12-13,15-16H2,1H3,(H2,19,20,21);1H. The summed E-state index contributed by atoms with van der Waals surface area (Å²) in [6, 6.07) is 11.9. The molecule has 26 heavy (non-hydrogen) atoms. The van der Waals surface area contributed by atoms with Crippen LogP contribution in [0.15, 0.2) is 53.8 Å². The Morgan fingerprint density at radius 2 is 2.04 bits per heavy atom. The van der Waals surface area contributed by atoms with Crippen LogP contribution in [0.2, 0.25) is 0 Å². The van der Waals surface area contributed by atoms with E-state index in [1.165, 1.54) is 0 Å². The Balaban J connectivity index is 0.00000338. The van der Waals surface area contributed by atoms with E-state index in [-0.39, 0.29) is 24.0 Å². The number of rotatable bonds is 10. The van der Waals surface area contributed by atoms with E-state index in [0.29, 0.717) is 18.1 Å². The Labute approximate surface area is 175 Å². The summed E-state index contributed by atoms with van der Waals surface area (Å²) in [5, 5.41) is 10.6. The third-order valence-electron chi connectivity index (χ3n) is 3.51. The maximum Gasteiger partial charge on any atom is 0.191 e. The van der Waals surface area contributed by atoms with Crippen LogP contribution in [0.1, 0.15) is 18.9 Å². The molecule has 0 aliphatic carbocycles. The molecule has 0 saturated carbocycles. The number of aliphatic imine (C=N–C) groups is 1. The number of benzene rings is 1. The molecule has 0 radical (unpaired) electrons. The van der Waals surface area contributed by atoms with Crippen LogP contribution in [0.25, 0.3) is 0 Å². The van der Waals surface area contributed by atoms with Gasteiger partial charge in [-0.1, -0.05) is 30.3 Å². The van der Waals surface area contributed by atoms with E-state index in [1.807, 2.05) is 54.2 Å². The van der Waals surface area contributed by atoms with Crippen molar-refractivity contribution in [3.63, 3.8) is 0 Å². The number of nitrogens with zero attached hydrogens (tertiary/aromatic N) is 3. The minimum Gasteiger partial charge on any atom is -0.357 e. The molecule has 0 bridgehead atoms. The van der Waals surface area contributed by atoms with Crippen molar-refractivity contribution in [2.75, 3.05) is 25.4 Å². The van der Waals surface area contributed by atoms with Crippen molar-refractivity contribution in [1.29, 1.82) is 0 Å². The van der Waals surface area contributed by atoms with Crippen molar-refractivity contribution in [3.05, 3.63) is 54.4 Å². The zero-order chi connectivity index (χ0) is 17.7. The van der Waals surface area contributed by atoms with Crippen LogP contribution in [-0.2, 0) is 23.1 Å². The Bertz CT molecular complexity index is 649. The zero-order valence-electron chi connectivity index (χ0n) is 15.1. The van der Waals surface area contributed by atoms with Gasteiger partial charge < -0.3 is 10.6 Å². The van der Waals surface area contributed by atoms with Gasteiger partial charge in [-0.25, -0.2) is 0 Å². The van der Waals surface area contributed by atoms with Gasteiger partial charge in [0, 0.05) is 60.9 Å². The number of aromatic nitrogens is 2. The first-order chi connectivity index (χ1) is 12.3. The Hall–Kier alpha value is -1.42. The maximum atomic E-state index is 12.1. The van der Waals surface area contributed by atoms with Gasteiger partial charge in [0.1, 0.15) is 0 Å². The Kier molecular flexibility index (Phi) is 12.0. The smallest absolute Gasteiger partial charge is 0.191 e. The Morgan fingerprint density at radius 1 is 1.23 bits per heavy atom. The van der Waals surface area contributed by atoms with Gasteiger partial charge in [-0.2, -0.15) is 5.10 Å². The highest BCUT2D eigenvalue weighted by Gasteiger charge is 2.03. The van der Waals surface area contributed by atoms with Crippen molar-refractivity contribution in [3.8, 4) is 0 Å². The molecule has 1 unspecified atom stereocenters. The van der Waals surface area contributed by atoms with Gasteiger partial charge in [0.2, 0.25) is 0 Å². The van der Waals surface area contributed by atoms with Crippen molar-refractivity contribution in [2.45, 2.75) is 25.6 Å². The van der Waals surface area contributed by atoms with E-state index >= 15 is 0 Å². The molecule has 6 nitrogen and oxygen atoms in total. The third-order valence-corrected chi connectivity index (χ3v) is 4.83. The van der Waals surface area contributed by atoms with Crippen LogP contribution in [0.5, 0.6) is 0 Å². The van der Waals surface area contributed by atoms with Crippen LogP contribution in [0.4, 0.5) is 0 Å². The SMILES string of the molecule is CCNC(=NCCCn1cccn1)NCCS(=O)Cc1ccccc1.I. The quantitative estimate of drug-likeness (QED) is 0.233. The topological polar surface area (TPSA) is 71.3 Å². The fourth-order valence-corrected chi connectivity index (χ4v) is 3.35. The lowest BCUT2D eigenvalue weighted by molar-refractivity contribution is 0.584. The molecule has 1 aromatic heterocycles. The minimum atomic E-state index is -0.876. The van der Waals surface area contributed by atoms with Gasteiger partial charge in [0.25, 0.3) is 0 Å². The van der Waals surface area contributed by atoms with Gasteiger partial charge >= 0.3 is 0 Å². The van der Waals surface area contributed by atoms with Crippen LogP contribution < -0.4 is 10.6 Å². The van der Waals surface area contributed by atoms with E-state index in [1.54, 1.807) is 6.20 Å². The highest BCUT2D eigenvalue weighted by molar-refractivity contribution is 14.0. The molecule has 0 spiro atoms. The summed E-state index contributed by atoms with van der Waals surface area (Å²) in [5.41, 5.74) is 1.11. The van der Waals surface area contributed by atoms with Crippen LogP contribution in [0, 0.1) is 0 Å². The summed E-state index contributed by atoms with van der Waals surface area (Å²) in [7, 11) is -0.876.